The first-order valence-corrected chi connectivity index (χ1v) is 11.6. The van der Waals surface area contributed by atoms with Gasteiger partial charge in [-0.05, 0) is 66.2 Å². The molecule has 3 aromatic rings. The number of hydrogen-bond acceptors (Lipinski definition) is 7. The third-order valence-electron chi connectivity index (χ3n) is 4.91. The maximum atomic E-state index is 13.0. The minimum Gasteiger partial charge on any atom is -0.493 e. The molecule has 176 valence electrons. The predicted octanol–water partition coefficient (Wildman–Crippen LogP) is 5.67. The van der Waals surface area contributed by atoms with E-state index in [1.807, 2.05) is 0 Å². The molecule has 1 aliphatic heterocycles. The highest BCUT2D eigenvalue weighted by Crippen LogP contribution is 2.37. The van der Waals surface area contributed by atoms with Gasteiger partial charge >= 0.3 is 11.9 Å². The number of anilines is 1. The number of carboxylic acids is 1. The Morgan fingerprint density at radius 2 is 1.77 bits per heavy atom. The van der Waals surface area contributed by atoms with Crippen LogP contribution in [0.25, 0.3) is 6.08 Å². The van der Waals surface area contributed by atoms with Crippen molar-refractivity contribution in [1.82, 2.24) is 0 Å². The van der Waals surface area contributed by atoms with Crippen molar-refractivity contribution >= 4 is 69.5 Å². The Balaban J connectivity index is 1.56. The molecule has 3 aromatic carbocycles. The van der Waals surface area contributed by atoms with Gasteiger partial charge in [-0.2, -0.15) is 0 Å². The minimum atomic E-state index is -1.10. The lowest BCUT2D eigenvalue weighted by Gasteiger charge is -2.14. The zero-order valence-corrected chi connectivity index (χ0v) is 20.4. The number of carbonyl (C=O) groups is 3. The third kappa shape index (κ3) is 5.37. The minimum absolute atomic E-state index is 0.0500. The summed E-state index contributed by atoms with van der Waals surface area (Å²) in [7, 11) is 1.44. The number of rotatable bonds is 6. The van der Waals surface area contributed by atoms with Crippen molar-refractivity contribution in [3.63, 3.8) is 0 Å². The monoisotopic (exact) mass is 525 g/mol. The van der Waals surface area contributed by atoms with E-state index < -0.39 is 11.9 Å². The zero-order valence-electron chi connectivity index (χ0n) is 18.1. The molecule has 1 heterocycles. The number of carbonyl (C=O) groups excluding carboxylic acids is 2. The van der Waals surface area contributed by atoms with Crippen LogP contribution >= 0.6 is 35.6 Å². The summed E-state index contributed by atoms with van der Waals surface area (Å²) in [6.07, 6.45) is 1.63. The number of benzene rings is 3. The zero-order chi connectivity index (χ0) is 25.1. The molecule has 35 heavy (non-hydrogen) atoms. The number of esters is 1. The average Bonchev–Trinajstić information content (AvgIpc) is 3.12. The molecule has 0 unspecified atom stereocenters. The molecule has 1 amide bonds. The van der Waals surface area contributed by atoms with Gasteiger partial charge in [-0.25, -0.2) is 9.59 Å². The van der Waals surface area contributed by atoms with Crippen LogP contribution in [0.1, 0.15) is 26.3 Å². The quantitative estimate of drug-likeness (QED) is 0.190. The van der Waals surface area contributed by atoms with Gasteiger partial charge in [-0.15, -0.1) is 0 Å². The lowest BCUT2D eigenvalue weighted by Crippen LogP contribution is -2.27. The molecule has 0 radical (unpaired) electrons. The maximum absolute atomic E-state index is 13.0. The number of aromatic carboxylic acids is 1. The smallest absolute Gasteiger partial charge is 0.343 e. The standard InChI is InChI=1S/C25H16ClNO6S2/c1-32-20-11-14(5-10-19(20)33-24(31)15-6-8-17(26)9-7-15)12-21-22(28)27(25(34)35-21)18-4-2-3-16(13-18)23(29)30/h2-13H,1H3,(H,29,30)/b21-12-. The second-order valence-electron chi connectivity index (χ2n) is 7.18. The van der Waals surface area contributed by atoms with E-state index in [1.165, 1.54) is 24.1 Å². The molecular formula is C25H16ClNO6S2. The first kappa shape index (κ1) is 24.5. The average molecular weight is 526 g/mol. The summed E-state index contributed by atoms with van der Waals surface area (Å²) >= 11 is 12.3. The Labute approximate surface area is 214 Å². The van der Waals surface area contributed by atoms with E-state index in [4.69, 9.17) is 33.3 Å². The molecular weight excluding hydrogens is 510 g/mol. The Bertz CT molecular complexity index is 1390. The second-order valence-corrected chi connectivity index (χ2v) is 9.29. The summed E-state index contributed by atoms with van der Waals surface area (Å²) in [5.41, 5.74) is 1.37. The van der Waals surface area contributed by atoms with Gasteiger partial charge in [0.25, 0.3) is 5.91 Å². The maximum Gasteiger partial charge on any atom is 0.343 e. The largest absolute Gasteiger partial charge is 0.493 e. The van der Waals surface area contributed by atoms with Crippen LogP contribution in [0.3, 0.4) is 0 Å². The number of thiocarbonyl (C=S) groups is 1. The first-order chi connectivity index (χ1) is 16.8. The molecule has 1 aliphatic rings. The first-order valence-electron chi connectivity index (χ1n) is 10.0. The summed E-state index contributed by atoms with van der Waals surface area (Å²) in [5.74, 6) is -1.54. The fraction of sp³-hybridized carbons (Fsp3) is 0.0400. The van der Waals surface area contributed by atoms with E-state index >= 15 is 0 Å². The van der Waals surface area contributed by atoms with Crippen LogP contribution in [-0.2, 0) is 4.79 Å². The number of amides is 1. The molecule has 4 rings (SSSR count). The lowest BCUT2D eigenvalue weighted by atomic mass is 10.1. The molecule has 10 heteroatoms. The lowest BCUT2D eigenvalue weighted by molar-refractivity contribution is -0.113. The number of thioether (sulfide) groups is 1. The Morgan fingerprint density at radius 3 is 2.46 bits per heavy atom. The molecule has 0 aromatic heterocycles. The van der Waals surface area contributed by atoms with Crippen molar-refractivity contribution in [1.29, 1.82) is 0 Å². The number of hydrogen-bond donors (Lipinski definition) is 1. The summed E-state index contributed by atoms with van der Waals surface area (Å²) in [6.45, 7) is 0. The highest BCUT2D eigenvalue weighted by Gasteiger charge is 2.33. The molecule has 1 fully saturated rings. The van der Waals surface area contributed by atoms with Gasteiger partial charge < -0.3 is 14.6 Å². The highest BCUT2D eigenvalue weighted by molar-refractivity contribution is 8.27. The van der Waals surface area contributed by atoms with E-state index in [1.54, 1.807) is 60.7 Å². The Morgan fingerprint density at radius 1 is 1.03 bits per heavy atom. The van der Waals surface area contributed by atoms with Gasteiger partial charge in [-0.3, -0.25) is 9.69 Å². The summed E-state index contributed by atoms with van der Waals surface area (Å²) in [6, 6.07) is 17.2. The van der Waals surface area contributed by atoms with Crippen molar-refractivity contribution in [2.24, 2.45) is 0 Å². The van der Waals surface area contributed by atoms with Gasteiger partial charge in [0, 0.05) is 5.02 Å². The van der Waals surface area contributed by atoms with Gasteiger partial charge in [0.1, 0.15) is 0 Å². The van der Waals surface area contributed by atoms with E-state index in [0.717, 1.165) is 11.8 Å². The predicted molar refractivity (Wildman–Crippen MR) is 138 cm³/mol. The molecule has 1 saturated heterocycles. The topological polar surface area (TPSA) is 93.1 Å². The van der Waals surface area contributed by atoms with Crippen LogP contribution in [0.5, 0.6) is 11.5 Å². The number of nitrogens with zero attached hydrogens (tertiary/aromatic N) is 1. The van der Waals surface area contributed by atoms with E-state index in [-0.39, 0.29) is 21.5 Å². The number of carboxylic acid groups (broad SMARTS) is 1. The van der Waals surface area contributed by atoms with E-state index in [0.29, 0.717) is 32.5 Å². The van der Waals surface area contributed by atoms with Crippen molar-refractivity contribution in [2.45, 2.75) is 0 Å². The molecule has 0 atom stereocenters. The van der Waals surface area contributed by atoms with E-state index in [2.05, 4.69) is 0 Å². The SMILES string of the molecule is COc1cc(/C=C2\SC(=S)N(c3cccc(C(=O)O)c3)C2=O)ccc1OC(=O)c1ccc(Cl)cc1. The summed E-state index contributed by atoms with van der Waals surface area (Å²) in [4.78, 5) is 38.4. The van der Waals surface area contributed by atoms with Crippen LogP contribution in [0.4, 0.5) is 5.69 Å². The van der Waals surface area contributed by atoms with Crippen molar-refractivity contribution in [3.8, 4) is 11.5 Å². The molecule has 0 saturated carbocycles. The Hall–Kier alpha value is -3.66. The number of methoxy groups -OCH3 is 1. The summed E-state index contributed by atoms with van der Waals surface area (Å²) < 4.78 is 11.1. The Kier molecular flexibility index (Phi) is 7.20. The van der Waals surface area contributed by atoms with Crippen LogP contribution < -0.4 is 14.4 Å². The van der Waals surface area contributed by atoms with Crippen molar-refractivity contribution in [3.05, 3.63) is 93.3 Å². The molecule has 0 spiro atoms. The van der Waals surface area contributed by atoms with Gasteiger partial charge in [-0.1, -0.05) is 47.7 Å². The number of ether oxygens (including phenoxy) is 2. The fourth-order valence-electron chi connectivity index (χ4n) is 3.22. The fourth-order valence-corrected chi connectivity index (χ4v) is 4.65. The molecule has 7 nitrogen and oxygen atoms in total. The highest BCUT2D eigenvalue weighted by atomic mass is 35.5. The molecule has 0 bridgehead atoms. The van der Waals surface area contributed by atoms with Gasteiger partial charge in [0.05, 0.1) is 28.8 Å². The van der Waals surface area contributed by atoms with Crippen LogP contribution in [-0.4, -0.2) is 34.4 Å². The van der Waals surface area contributed by atoms with Gasteiger partial charge in [0.15, 0.2) is 15.8 Å². The van der Waals surface area contributed by atoms with Crippen molar-refractivity contribution in [2.75, 3.05) is 12.0 Å². The third-order valence-corrected chi connectivity index (χ3v) is 6.47. The van der Waals surface area contributed by atoms with Crippen LogP contribution in [0, 0.1) is 0 Å². The molecule has 1 N–H and O–H groups in total. The van der Waals surface area contributed by atoms with Crippen molar-refractivity contribution < 1.29 is 29.0 Å². The normalized spacial score (nSPS) is 14.3. The second kappa shape index (κ2) is 10.3. The van der Waals surface area contributed by atoms with Crippen LogP contribution in [0.2, 0.25) is 5.02 Å². The van der Waals surface area contributed by atoms with Gasteiger partial charge in [0.2, 0.25) is 0 Å². The number of halogens is 1. The summed E-state index contributed by atoms with van der Waals surface area (Å²) in [5, 5.41) is 9.73. The molecule has 0 aliphatic carbocycles. The van der Waals surface area contributed by atoms with E-state index in [9.17, 15) is 19.5 Å². The van der Waals surface area contributed by atoms with Crippen LogP contribution in [0.15, 0.2) is 71.6 Å².